The molecule has 0 atom stereocenters. The van der Waals surface area contributed by atoms with E-state index in [2.05, 4.69) is 115 Å². The van der Waals surface area contributed by atoms with Gasteiger partial charge in [0, 0.05) is 27.5 Å². The molecule has 0 saturated heterocycles. The lowest BCUT2D eigenvalue weighted by Crippen LogP contribution is -1.96. The van der Waals surface area contributed by atoms with E-state index in [1.165, 1.54) is 11.1 Å². The van der Waals surface area contributed by atoms with Crippen LogP contribution in [0.5, 0.6) is 0 Å². The van der Waals surface area contributed by atoms with Gasteiger partial charge in [0.15, 0.2) is 5.82 Å². The summed E-state index contributed by atoms with van der Waals surface area (Å²) in [6.07, 6.45) is 0. The van der Waals surface area contributed by atoms with E-state index < -0.39 is 0 Å². The molecule has 43 heavy (non-hydrogen) atoms. The van der Waals surface area contributed by atoms with Gasteiger partial charge in [-0.15, -0.1) is 0 Å². The van der Waals surface area contributed by atoms with Gasteiger partial charge in [-0.1, -0.05) is 127 Å². The van der Waals surface area contributed by atoms with Gasteiger partial charge in [-0.2, -0.15) is 0 Å². The highest BCUT2D eigenvalue weighted by Gasteiger charge is 2.17. The summed E-state index contributed by atoms with van der Waals surface area (Å²) in [5.41, 5.74) is 11.1. The van der Waals surface area contributed by atoms with Crippen molar-refractivity contribution in [2.24, 2.45) is 0 Å². The van der Waals surface area contributed by atoms with Gasteiger partial charge in [0.2, 0.25) is 0 Å². The minimum atomic E-state index is 0.688. The first-order valence-electron chi connectivity index (χ1n) is 14.4. The topological polar surface area (TPSA) is 38.9 Å². The Morgan fingerprint density at radius 2 is 0.953 bits per heavy atom. The van der Waals surface area contributed by atoms with Crippen LogP contribution in [-0.2, 0) is 0 Å². The molecule has 0 saturated carbocycles. The monoisotopic (exact) mass is 550 g/mol. The molecule has 3 heteroatoms. The van der Waals surface area contributed by atoms with Crippen LogP contribution >= 0.6 is 0 Å². The van der Waals surface area contributed by atoms with Crippen molar-refractivity contribution < 1.29 is 4.42 Å². The van der Waals surface area contributed by atoms with Gasteiger partial charge in [-0.3, -0.25) is 0 Å². The van der Waals surface area contributed by atoms with Gasteiger partial charge in [-0.05, 0) is 52.6 Å². The van der Waals surface area contributed by atoms with Crippen LogP contribution in [0.1, 0.15) is 0 Å². The normalized spacial score (nSPS) is 11.3. The van der Waals surface area contributed by atoms with Crippen molar-refractivity contribution in [1.82, 2.24) is 9.97 Å². The molecule has 0 aliphatic carbocycles. The predicted octanol–water partition coefficient (Wildman–Crippen LogP) is 10.7. The summed E-state index contributed by atoms with van der Waals surface area (Å²) in [4.78, 5) is 10.2. The van der Waals surface area contributed by atoms with Crippen LogP contribution < -0.4 is 0 Å². The molecule has 0 spiro atoms. The molecule has 8 aromatic rings. The number of nitrogens with zero attached hydrogens (tertiary/aromatic N) is 2. The summed E-state index contributed by atoms with van der Waals surface area (Å²) in [6, 6.07) is 54.3. The predicted molar refractivity (Wildman–Crippen MR) is 176 cm³/mol. The summed E-state index contributed by atoms with van der Waals surface area (Å²) >= 11 is 0. The molecule has 202 valence electrons. The molecular formula is C40H26N2O. The average molecular weight is 551 g/mol. The first-order chi connectivity index (χ1) is 21.3. The zero-order valence-corrected chi connectivity index (χ0v) is 23.3. The molecule has 0 N–H and O–H groups in total. The van der Waals surface area contributed by atoms with E-state index in [1.54, 1.807) is 0 Å². The number of fused-ring (bicyclic) bond motifs is 3. The summed E-state index contributed by atoms with van der Waals surface area (Å²) in [7, 11) is 0. The third kappa shape index (κ3) is 4.67. The lowest BCUT2D eigenvalue weighted by atomic mass is 9.98. The highest BCUT2D eigenvalue weighted by molar-refractivity contribution is 6.13. The number of benzene rings is 6. The third-order valence-electron chi connectivity index (χ3n) is 7.90. The second-order valence-electron chi connectivity index (χ2n) is 10.6. The Labute approximate surface area is 249 Å². The van der Waals surface area contributed by atoms with E-state index in [4.69, 9.17) is 14.4 Å². The lowest BCUT2D eigenvalue weighted by molar-refractivity contribution is 0.669. The van der Waals surface area contributed by atoms with E-state index in [0.29, 0.717) is 5.82 Å². The Morgan fingerprint density at radius 1 is 0.372 bits per heavy atom. The number of hydrogen-bond donors (Lipinski definition) is 0. The molecule has 0 unspecified atom stereocenters. The number of rotatable bonds is 5. The van der Waals surface area contributed by atoms with Gasteiger partial charge in [0.25, 0.3) is 0 Å². The molecule has 0 radical (unpaired) electrons. The second kappa shape index (κ2) is 10.6. The average Bonchev–Trinajstić information content (AvgIpc) is 3.47. The molecule has 2 heterocycles. The van der Waals surface area contributed by atoms with Gasteiger partial charge in [-0.25, -0.2) is 9.97 Å². The molecule has 0 aliphatic rings. The minimum absolute atomic E-state index is 0.688. The lowest BCUT2D eigenvalue weighted by Gasteiger charge is -2.11. The van der Waals surface area contributed by atoms with Crippen LogP contribution in [0.15, 0.2) is 162 Å². The maximum atomic E-state index is 6.36. The van der Waals surface area contributed by atoms with Crippen LogP contribution in [-0.4, -0.2) is 9.97 Å². The van der Waals surface area contributed by atoms with E-state index in [9.17, 15) is 0 Å². The Balaban J connectivity index is 1.35. The maximum absolute atomic E-state index is 6.36. The van der Waals surface area contributed by atoms with Crippen molar-refractivity contribution in [1.29, 1.82) is 0 Å². The van der Waals surface area contributed by atoms with E-state index in [-0.39, 0.29) is 0 Å². The molecule has 0 fully saturated rings. The number of aromatic nitrogens is 2. The van der Waals surface area contributed by atoms with Crippen molar-refractivity contribution in [3.8, 4) is 56.2 Å². The Kier molecular flexibility index (Phi) is 6.12. The molecule has 8 rings (SSSR count). The van der Waals surface area contributed by atoms with Crippen LogP contribution in [0, 0.1) is 0 Å². The third-order valence-corrected chi connectivity index (χ3v) is 7.90. The Morgan fingerprint density at radius 3 is 1.67 bits per heavy atom. The van der Waals surface area contributed by atoms with Crippen LogP contribution in [0.25, 0.3) is 78.1 Å². The van der Waals surface area contributed by atoms with Gasteiger partial charge in [0.05, 0.1) is 11.4 Å². The van der Waals surface area contributed by atoms with E-state index in [0.717, 1.165) is 61.1 Å². The fraction of sp³-hybridized carbons (Fsp3) is 0. The number of furan rings is 1. The largest absolute Gasteiger partial charge is 0.456 e. The summed E-state index contributed by atoms with van der Waals surface area (Å²) < 4.78 is 6.36. The van der Waals surface area contributed by atoms with Crippen molar-refractivity contribution in [2.45, 2.75) is 0 Å². The smallest absolute Gasteiger partial charge is 0.160 e. The van der Waals surface area contributed by atoms with Gasteiger partial charge >= 0.3 is 0 Å². The molecule has 2 aromatic heterocycles. The fourth-order valence-corrected chi connectivity index (χ4v) is 5.79. The summed E-state index contributed by atoms with van der Waals surface area (Å²) in [5.74, 6) is 0.688. The van der Waals surface area contributed by atoms with Gasteiger partial charge in [0.1, 0.15) is 11.2 Å². The van der Waals surface area contributed by atoms with Crippen molar-refractivity contribution in [2.75, 3.05) is 0 Å². The molecule has 6 aromatic carbocycles. The molecule has 0 aliphatic heterocycles. The first-order valence-corrected chi connectivity index (χ1v) is 14.4. The van der Waals surface area contributed by atoms with Crippen LogP contribution in [0.4, 0.5) is 0 Å². The van der Waals surface area contributed by atoms with E-state index in [1.807, 2.05) is 42.5 Å². The summed E-state index contributed by atoms with van der Waals surface area (Å²) in [6.45, 7) is 0. The zero-order chi connectivity index (χ0) is 28.6. The minimum Gasteiger partial charge on any atom is -0.456 e. The molecule has 0 bridgehead atoms. The molecular weight excluding hydrogens is 524 g/mol. The number of hydrogen-bond acceptors (Lipinski definition) is 3. The van der Waals surface area contributed by atoms with E-state index >= 15 is 0 Å². The van der Waals surface area contributed by atoms with Crippen LogP contribution in [0.3, 0.4) is 0 Å². The van der Waals surface area contributed by atoms with Gasteiger partial charge < -0.3 is 4.42 Å². The standard InChI is InChI=1S/C40H26N2O/c1-4-12-27(13-5-1)30-18-10-19-32(24-30)35-26-36(42-40(41-35)29-16-8-3-9-17-29)33-20-11-21-38-39(33)34-25-31(22-23-37(34)43-38)28-14-6-2-7-15-28/h1-26H. The highest BCUT2D eigenvalue weighted by Crippen LogP contribution is 2.39. The SMILES string of the molecule is c1ccc(-c2cccc(-c3cc(-c4cccc5oc6ccc(-c7ccccc7)cc6c45)nc(-c4ccccc4)n3)c2)cc1. The summed E-state index contributed by atoms with van der Waals surface area (Å²) in [5, 5.41) is 2.12. The second-order valence-corrected chi connectivity index (χ2v) is 10.6. The van der Waals surface area contributed by atoms with Crippen molar-refractivity contribution >= 4 is 21.9 Å². The molecule has 3 nitrogen and oxygen atoms in total. The Hall–Kier alpha value is -5.80. The zero-order valence-electron chi connectivity index (χ0n) is 23.3. The van der Waals surface area contributed by atoms with Crippen molar-refractivity contribution in [3.05, 3.63) is 158 Å². The Bertz CT molecular complexity index is 2220. The quantitative estimate of drug-likeness (QED) is 0.214. The highest BCUT2D eigenvalue weighted by atomic mass is 16.3. The maximum Gasteiger partial charge on any atom is 0.160 e. The fourth-order valence-electron chi connectivity index (χ4n) is 5.79. The first kappa shape index (κ1) is 25.0. The van der Waals surface area contributed by atoms with Crippen molar-refractivity contribution in [3.63, 3.8) is 0 Å². The van der Waals surface area contributed by atoms with Crippen LogP contribution in [0.2, 0.25) is 0 Å². The molecule has 0 amide bonds.